The fourth-order valence-electron chi connectivity index (χ4n) is 1.70. The standard InChI is InChI=1S/C12H10ClNO3S/c13-10-4-3-9(18-10)12(17)7(6-11(15)16)8-2-1-5-14-8/h1-5,7,14H,6H2,(H,15,16). The number of carbonyl (C=O) groups is 2. The molecule has 0 amide bonds. The van der Waals surface area contributed by atoms with Crippen molar-refractivity contribution in [3.8, 4) is 0 Å². The van der Waals surface area contributed by atoms with Gasteiger partial charge < -0.3 is 10.1 Å². The first-order valence-corrected chi connectivity index (χ1v) is 6.42. The Bertz CT molecular complexity index is 562. The van der Waals surface area contributed by atoms with Crippen molar-refractivity contribution >= 4 is 34.7 Å². The number of Topliss-reactive ketones (excluding diaryl/α,β-unsaturated/α-hetero) is 1. The third-order valence-electron chi connectivity index (χ3n) is 2.51. The lowest BCUT2D eigenvalue weighted by atomic mass is 9.95. The van der Waals surface area contributed by atoms with Gasteiger partial charge in [0.25, 0.3) is 0 Å². The van der Waals surface area contributed by atoms with Gasteiger partial charge >= 0.3 is 5.97 Å². The number of carbonyl (C=O) groups excluding carboxylic acids is 1. The molecule has 2 aromatic rings. The second kappa shape index (κ2) is 5.37. The van der Waals surface area contributed by atoms with Crippen molar-refractivity contribution in [3.05, 3.63) is 45.4 Å². The molecule has 0 radical (unpaired) electrons. The summed E-state index contributed by atoms with van der Waals surface area (Å²) in [6, 6.07) is 6.69. The Morgan fingerprint density at radius 1 is 1.39 bits per heavy atom. The largest absolute Gasteiger partial charge is 0.481 e. The van der Waals surface area contributed by atoms with Gasteiger partial charge in [0.1, 0.15) is 0 Å². The third-order valence-corrected chi connectivity index (χ3v) is 3.75. The van der Waals surface area contributed by atoms with Crippen LogP contribution in [0.3, 0.4) is 0 Å². The first-order valence-electron chi connectivity index (χ1n) is 5.22. The Balaban J connectivity index is 2.29. The number of carboxylic acid groups (broad SMARTS) is 1. The molecule has 2 N–H and O–H groups in total. The van der Waals surface area contributed by atoms with Crippen LogP contribution in [0.25, 0.3) is 0 Å². The van der Waals surface area contributed by atoms with Crippen molar-refractivity contribution < 1.29 is 14.7 Å². The van der Waals surface area contributed by atoms with Crippen LogP contribution in [-0.2, 0) is 4.79 Å². The van der Waals surface area contributed by atoms with Gasteiger partial charge in [0.05, 0.1) is 21.6 Å². The lowest BCUT2D eigenvalue weighted by Gasteiger charge is -2.10. The maximum Gasteiger partial charge on any atom is 0.304 e. The van der Waals surface area contributed by atoms with E-state index in [9.17, 15) is 9.59 Å². The highest BCUT2D eigenvalue weighted by Gasteiger charge is 2.26. The van der Waals surface area contributed by atoms with Gasteiger partial charge in [-0.2, -0.15) is 0 Å². The average Bonchev–Trinajstić information content (AvgIpc) is 2.95. The highest BCUT2D eigenvalue weighted by Crippen LogP contribution is 2.29. The predicted molar refractivity (Wildman–Crippen MR) is 69.4 cm³/mol. The fraction of sp³-hybridized carbons (Fsp3) is 0.167. The van der Waals surface area contributed by atoms with Gasteiger partial charge in [-0.1, -0.05) is 11.6 Å². The molecule has 2 aromatic heterocycles. The van der Waals surface area contributed by atoms with Crippen molar-refractivity contribution in [2.75, 3.05) is 0 Å². The first-order chi connectivity index (χ1) is 8.58. The highest BCUT2D eigenvalue weighted by atomic mass is 35.5. The molecule has 0 saturated carbocycles. The van der Waals surface area contributed by atoms with Crippen LogP contribution in [0.2, 0.25) is 4.34 Å². The molecule has 1 unspecified atom stereocenters. The zero-order chi connectivity index (χ0) is 13.1. The molecule has 0 aromatic carbocycles. The van der Waals surface area contributed by atoms with Crippen LogP contribution in [0, 0.1) is 0 Å². The average molecular weight is 284 g/mol. The number of nitrogens with one attached hydrogen (secondary N) is 1. The molecule has 0 bridgehead atoms. The maximum atomic E-state index is 12.3. The normalized spacial score (nSPS) is 12.3. The number of ketones is 1. The molecule has 94 valence electrons. The Labute approximate surface area is 112 Å². The SMILES string of the molecule is O=C(O)CC(C(=O)c1ccc(Cl)s1)c1ccc[nH]1. The summed E-state index contributed by atoms with van der Waals surface area (Å²) >= 11 is 6.94. The van der Waals surface area contributed by atoms with Crippen LogP contribution in [0.1, 0.15) is 27.7 Å². The molecule has 2 rings (SSSR count). The molecular formula is C12H10ClNO3S. The van der Waals surface area contributed by atoms with E-state index in [2.05, 4.69) is 4.98 Å². The number of hydrogen-bond acceptors (Lipinski definition) is 3. The molecule has 0 aliphatic carbocycles. The van der Waals surface area contributed by atoms with Gasteiger partial charge in [-0.15, -0.1) is 11.3 Å². The van der Waals surface area contributed by atoms with E-state index in [1.54, 1.807) is 30.5 Å². The van der Waals surface area contributed by atoms with E-state index < -0.39 is 11.9 Å². The predicted octanol–water partition coefficient (Wildman–Crippen LogP) is 3.17. The fourth-order valence-corrected chi connectivity index (χ4v) is 2.74. The van der Waals surface area contributed by atoms with Crippen molar-refractivity contribution in [1.29, 1.82) is 0 Å². The van der Waals surface area contributed by atoms with Gasteiger partial charge in [0.15, 0.2) is 5.78 Å². The number of aromatic nitrogens is 1. The van der Waals surface area contributed by atoms with Crippen molar-refractivity contribution in [2.24, 2.45) is 0 Å². The topological polar surface area (TPSA) is 70.2 Å². The van der Waals surface area contributed by atoms with Crippen LogP contribution in [0.5, 0.6) is 0 Å². The van der Waals surface area contributed by atoms with Gasteiger partial charge in [-0.25, -0.2) is 0 Å². The van der Waals surface area contributed by atoms with Crippen LogP contribution >= 0.6 is 22.9 Å². The minimum Gasteiger partial charge on any atom is -0.481 e. The molecule has 0 fully saturated rings. The summed E-state index contributed by atoms with van der Waals surface area (Å²) in [5.74, 6) is -1.94. The molecule has 0 spiro atoms. The zero-order valence-electron chi connectivity index (χ0n) is 9.22. The van der Waals surface area contributed by atoms with E-state index in [-0.39, 0.29) is 12.2 Å². The van der Waals surface area contributed by atoms with Gasteiger partial charge in [0, 0.05) is 11.9 Å². The molecule has 0 aliphatic heterocycles. The van der Waals surface area contributed by atoms with Crippen LogP contribution < -0.4 is 0 Å². The summed E-state index contributed by atoms with van der Waals surface area (Å²) in [5, 5.41) is 8.89. The van der Waals surface area contributed by atoms with E-state index in [1.807, 2.05) is 0 Å². The molecule has 4 nitrogen and oxygen atoms in total. The summed E-state index contributed by atoms with van der Waals surface area (Å²) in [7, 11) is 0. The Morgan fingerprint density at radius 2 is 2.17 bits per heavy atom. The quantitative estimate of drug-likeness (QED) is 0.828. The summed E-state index contributed by atoms with van der Waals surface area (Å²) < 4.78 is 0.513. The smallest absolute Gasteiger partial charge is 0.304 e. The monoisotopic (exact) mass is 283 g/mol. The highest BCUT2D eigenvalue weighted by molar-refractivity contribution is 7.18. The second-order valence-electron chi connectivity index (χ2n) is 3.74. The number of hydrogen-bond donors (Lipinski definition) is 2. The number of aliphatic carboxylic acids is 1. The van der Waals surface area contributed by atoms with E-state index in [0.717, 1.165) is 11.3 Å². The van der Waals surface area contributed by atoms with E-state index in [4.69, 9.17) is 16.7 Å². The van der Waals surface area contributed by atoms with Gasteiger partial charge in [-0.05, 0) is 24.3 Å². The summed E-state index contributed by atoms with van der Waals surface area (Å²) in [6.45, 7) is 0. The Hall–Kier alpha value is -1.59. The number of aromatic amines is 1. The van der Waals surface area contributed by atoms with E-state index >= 15 is 0 Å². The molecule has 0 aliphatic rings. The minimum absolute atomic E-state index is 0.225. The molecule has 1 atom stereocenters. The number of halogens is 1. The molecule has 18 heavy (non-hydrogen) atoms. The van der Waals surface area contributed by atoms with E-state index in [0.29, 0.717) is 14.9 Å². The van der Waals surface area contributed by atoms with Gasteiger partial charge in [-0.3, -0.25) is 9.59 Å². The number of thiophene rings is 1. The second-order valence-corrected chi connectivity index (χ2v) is 5.46. The number of rotatable bonds is 5. The lowest BCUT2D eigenvalue weighted by Crippen LogP contribution is -2.16. The van der Waals surface area contributed by atoms with Gasteiger partial charge in [0.2, 0.25) is 0 Å². The van der Waals surface area contributed by atoms with Crippen LogP contribution in [0.4, 0.5) is 0 Å². The molecule has 2 heterocycles. The lowest BCUT2D eigenvalue weighted by molar-refractivity contribution is -0.137. The summed E-state index contributed by atoms with van der Waals surface area (Å²) in [5.41, 5.74) is 0.604. The van der Waals surface area contributed by atoms with Crippen molar-refractivity contribution in [1.82, 2.24) is 4.98 Å². The number of carboxylic acids is 1. The van der Waals surface area contributed by atoms with Crippen molar-refractivity contribution in [2.45, 2.75) is 12.3 Å². The number of H-pyrrole nitrogens is 1. The third kappa shape index (κ3) is 2.80. The Kier molecular flexibility index (Phi) is 3.84. The first kappa shape index (κ1) is 12.9. The molecule has 6 heteroatoms. The molecule has 0 saturated heterocycles. The maximum absolute atomic E-state index is 12.3. The zero-order valence-corrected chi connectivity index (χ0v) is 10.8. The van der Waals surface area contributed by atoms with Crippen LogP contribution in [-0.4, -0.2) is 21.8 Å². The van der Waals surface area contributed by atoms with Crippen LogP contribution in [0.15, 0.2) is 30.5 Å². The summed E-state index contributed by atoms with van der Waals surface area (Å²) in [4.78, 5) is 26.5. The van der Waals surface area contributed by atoms with E-state index in [1.165, 1.54) is 0 Å². The minimum atomic E-state index is -1.01. The van der Waals surface area contributed by atoms with Crippen molar-refractivity contribution in [3.63, 3.8) is 0 Å². The Morgan fingerprint density at radius 3 is 2.67 bits per heavy atom. The summed E-state index contributed by atoms with van der Waals surface area (Å²) in [6.07, 6.45) is 1.42. The molecular weight excluding hydrogens is 274 g/mol.